The Balaban J connectivity index is 1.83. The maximum absolute atomic E-state index is 13.9. The van der Waals surface area contributed by atoms with Gasteiger partial charge >= 0.3 is 0 Å². The van der Waals surface area contributed by atoms with Gasteiger partial charge in [-0.15, -0.1) is 0 Å². The lowest BCUT2D eigenvalue weighted by atomic mass is 9.83. The first kappa shape index (κ1) is 19.8. The van der Waals surface area contributed by atoms with Crippen molar-refractivity contribution in [1.82, 2.24) is 9.78 Å². The number of halogens is 2. The molecule has 0 N–H and O–H groups in total. The lowest BCUT2D eigenvalue weighted by molar-refractivity contribution is 0.193. The van der Waals surface area contributed by atoms with Crippen molar-refractivity contribution in [3.63, 3.8) is 0 Å². The van der Waals surface area contributed by atoms with Gasteiger partial charge in [-0.1, -0.05) is 39.5 Å². The number of rotatable bonds is 8. The maximum Gasteiger partial charge on any atom is 0.212 e. The highest BCUT2D eigenvalue weighted by atomic mass is 19.1. The van der Waals surface area contributed by atoms with E-state index in [1.54, 1.807) is 0 Å². The van der Waals surface area contributed by atoms with Gasteiger partial charge in [0.15, 0.2) is 0 Å². The Hall–Kier alpha value is -1.91. The Morgan fingerprint density at radius 2 is 1.93 bits per heavy atom. The summed E-state index contributed by atoms with van der Waals surface area (Å²) in [7, 11) is 0. The van der Waals surface area contributed by atoms with Gasteiger partial charge in [-0.25, -0.2) is 13.5 Å². The van der Waals surface area contributed by atoms with Crippen LogP contribution in [0.15, 0.2) is 24.3 Å². The summed E-state index contributed by atoms with van der Waals surface area (Å²) in [5.74, 6) is 0.366. The van der Waals surface area contributed by atoms with E-state index >= 15 is 0 Å². The first-order valence-corrected chi connectivity index (χ1v) is 10.3. The van der Waals surface area contributed by atoms with E-state index in [0.29, 0.717) is 17.8 Å². The van der Waals surface area contributed by atoms with Crippen molar-refractivity contribution in [2.45, 2.75) is 77.9 Å². The van der Waals surface area contributed by atoms with Crippen molar-refractivity contribution >= 4 is 0 Å². The molecule has 1 aromatic heterocycles. The molecule has 1 aliphatic carbocycles. The van der Waals surface area contributed by atoms with Crippen LogP contribution in [0.4, 0.5) is 8.78 Å². The number of benzene rings is 1. The van der Waals surface area contributed by atoms with E-state index in [9.17, 15) is 8.78 Å². The minimum Gasteiger partial charge on any atom is -0.473 e. The van der Waals surface area contributed by atoms with Crippen LogP contribution in [0.1, 0.15) is 76.1 Å². The third-order valence-corrected chi connectivity index (χ3v) is 5.57. The van der Waals surface area contributed by atoms with Gasteiger partial charge < -0.3 is 4.74 Å². The van der Waals surface area contributed by atoms with E-state index in [1.165, 1.54) is 38.2 Å². The largest absolute Gasteiger partial charge is 0.473 e. The fourth-order valence-corrected chi connectivity index (χ4v) is 4.18. The van der Waals surface area contributed by atoms with E-state index in [1.807, 2.05) is 10.7 Å². The van der Waals surface area contributed by atoms with Crippen LogP contribution >= 0.6 is 0 Å². The summed E-state index contributed by atoms with van der Waals surface area (Å²) in [5, 5.41) is 4.82. The molecule has 148 valence electrons. The molecule has 1 unspecified atom stereocenters. The summed E-state index contributed by atoms with van der Waals surface area (Å²) in [4.78, 5) is 0. The molecule has 1 saturated carbocycles. The number of hydrogen-bond donors (Lipinski definition) is 0. The Morgan fingerprint density at radius 1 is 1.15 bits per heavy atom. The molecule has 1 aromatic carbocycles. The molecule has 0 spiro atoms. The smallest absolute Gasteiger partial charge is 0.212 e. The number of nitrogens with zero attached hydrogens (tertiary/aromatic N) is 2. The molecule has 1 heterocycles. The van der Waals surface area contributed by atoms with E-state index in [0.717, 1.165) is 37.1 Å². The summed E-state index contributed by atoms with van der Waals surface area (Å²) in [6.07, 6.45) is 9.19. The summed E-state index contributed by atoms with van der Waals surface area (Å²) in [5.41, 5.74) is 1.23. The summed E-state index contributed by atoms with van der Waals surface area (Å²) in [6, 6.07) is 5.72. The van der Waals surface area contributed by atoms with E-state index in [4.69, 9.17) is 9.84 Å². The average molecular weight is 376 g/mol. The van der Waals surface area contributed by atoms with Crippen LogP contribution in [0, 0.1) is 17.6 Å². The van der Waals surface area contributed by atoms with Crippen LogP contribution in [0.2, 0.25) is 0 Å². The second-order valence-electron chi connectivity index (χ2n) is 7.57. The molecule has 1 fully saturated rings. The second kappa shape index (κ2) is 9.34. The van der Waals surface area contributed by atoms with Gasteiger partial charge in [-0.05, 0) is 49.8 Å². The minimum absolute atomic E-state index is 0.00194. The number of aromatic nitrogens is 2. The zero-order valence-electron chi connectivity index (χ0n) is 16.4. The monoisotopic (exact) mass is 376 g/mol. The molecule has 0 bridgehead atoms. The van der Waals surface area contributed by atoms with Crippen molar-refractivity contribution < 1.29 is 13.5 Å². The summed E-state index contributed by atoms with van der Waals surface area (Å²) < 4.78 is 35.4. The standard InChI is InChI=1S/C22H30F2N2O/c1-3-8-19-14-22(27-15-17-13-18(23)11-12-20(17)24)26(25-19)21(4-2)16-9-6-5-7-10-16/h11-14,16,21H,3-10,15H2,1-2H3. The molecule has 0 radical (unpaired) electrons. The number of ether oxygens (including phenoxy) is 1. The highest BCUT2D eigenvalue weighted by Crippen LogP contribution is 2.37. The highest BCUT2D eigenvalue weighted by molar-refractivity contribution is 5.21. The lowest BCUT2D eigenvalue weighted by Gasteiger charge is -2.30. The van der Waals surface area contributed by atoms with Crippen LogP contribution < -0.4 is 4.74 Å². The minimum atomic E-state index is -0.455. The summed E-state index contributed by atoms with van der Waals surface area (Å²) in [6.45, 7) is 4.32. The van der Waals surface area contributed by atoms with Gasteiger partial charge in [0.2, 0.25) is 5.88 Å². The van der Waals surface area contributed by atoms with Crippen molar-refractivity contribution in [3.8, 4) is 5.88 Å². The molecular weight excluding hydrogens is 346 g/mol. The van der Waals surface area contributed by atoms with Crippen LogP contribution in [0.5, 0.6) is 5.88 Å². The zero-order chi connectivity index (χ0) is 19.2. The second-order valence-corrected chi connectivity index (χ2v) is 7.57. The molecule has 3 nitrogen and oxygen atoms in total. The average Bonchev–Trinajstić information content (AvgIpc) is 3.07. The molecule has 0 aliphatic heterocycles. The predicted molar refractivity (Wildman–Crippen MR) is 103 cm³/mol. The van der Waals surface area contributed by atoms with Crippen LogP contribution in [0.25, 0.3) is 0 Å². The summed E-state index contributed by atoms with van der Waals surface area (Å²) >= 11 is 0. The normalized spacial score (nSPS) is 16.4. The fraction of sp³-hybridized carbons (Fsp3) is 0.591. The van der Waals surface area contributed by atoms with Gasteiger partial charge in [0, 0.05) is 11.6 Å². The lowest BCUT2D eigenvalue weighted by Crippen LogP contribution is -2.23. The Bertz CT molecular complexity index is 738. The van der Waals surface area contributed by atoms with E-state index in [2.05, 4.69) is 13.8 Å². The quantitative estimate of drug-likeness (QED) is 0.546. The molecule has 2 aromatic rings. The molecule has 1 atom stereocenters. The van der Waals surface area contributed by atoms with Crippen LogP contribution in [-0.4, -0.2) is 9.78 Å². The van der Waals surface area contributed by atoms with E-state index in [-0.39, 0.29) is 12.2 Å². The van der Waals surface area contributed by atoms with Gasteiger partial charge in [0.25, 0.3) is 0 Å². The Labute approximate surface area is 160 Å². The van der Waals surface area contributed by atoms with Crippen molar-refractivity contribution in [2.75, 3.05) is 0 Å². The first-order valence-electron chi connectivity index (χ1n) is 10.3. The molecule has 27 heavy (non-hydrogen) atoms. The molecule has 0 amide bonds. The molecular formula is C22H30F2N2O. The topological polar surface area (TPSA) is 27.1 Å². The number of hydrogen-bond acceptors (Lipinski definition) is 2. The SMILES string of the molecule is CCCc1cc(OCc2cc(F)ccc2F)n(C(CC)C2CCCCC2)n1. The van der Waals surface area contributed by atoms with Crippen molar-refractivity contribution in [1.29, 1.82) is 0 Å². The van der Waals surface area contributed by atoms with E-state index < -0.39 is 11.6 Å². The van der Waals surface area contributed by atoms with Gasteiger partial charge in [0.05, 0.1) is 11.7 Å². The Morgan fingerprint density at radius 3 is 2.63 bits per heavy atom. The van der Waals surface area contributed by atoms with Crippen molar-refractivity contribution in [2.24, 2.45) is 5.92 Å². The maximum atomic E-state index is 13.9. The zero-order valence-corrected chi connectivity index (χ0v) is 16.4. The number of aryl methyl sites for hydroxylation is 1. The third-order valence-electron chi connectivity index (χ3n) is 5.57. The van der Waals surface area contributed by atoms with Gasteiger partial charge in [-0.2, -0.15) is 5.10 Å². The molecule has 0 saturated heterocycles. The predicted octanol–water partition coefficient (Wildman–Crippen LogP) is 6.22. The Kier molecular flexibility index (Phi) is 6.86. The fourth-order valence-electron chi connectivity index (χ4n) is 4.18. The first-order chi connectivity index (χ1) is 13.1. The third kappa shape index (κ3) is 4.88. The van der Waals surface area contributed by atoms with Crippen LogP contribution in [0.3, 0.4) is 0 Å². The van der Waals surface area contributed by atoms with Crippen LogP contribution in [-0.2, 0) is 13.0 Å². The molecule has 1 aliphatic rings. The van der Waals surface area contributed by atoms with Gasteiger partial charge in [-0.3, -0.25) is 0 Å². The molecule has 3 rings (SSSR count). The van der Waals surface area contributed by atoms with Gasteiger partial charge in [0.1, 0.15) is 18.2 Å². The van der Waals surface area contributed by atoms with Crippen molar-refractivity contribution in [3.05, 3.63) is 47.2 Å². The highest BCUT2D eigenvalue weighted by Gasteiger charge is 2.27. The molecule has 5 heteroatoms.